The lowest BCUT2D eigenvalue weighted by molar-refractivity contribution is 1.11. The zero-order valence-corrected chi connectivity index (χ0v) is 8.42. The quantitative estimate of drug-likeness (QED) is 0.661. The summed E-state index contributed by atoms with van der Waals surface area (Å²) in [4.78, 5) is 0. The van der Waals surface area contributed by atoms with Crippen molar-refractivity contribution in [2.75, 3.05) is 0 Å². The summed E-state index contributed by atoms with van der Waals surface area (Å²) in [6, 6.07) is 5.44. The van der Waals surface area contributed by atoms with Crippen LogP contribution in [0.3, 0.4) is 0 Å². The van der Waals surface area contributed by atoms with E-state index in [0.29, 0.717) is 10.0 Å². The van der Waals surface area contributed by atoms with Crippen molar-refractivity contribution in [2.24, 2.45) is 0 Å². The van der Waals surface area contributed by atoms with Crippen LogP contribution in [0, 0.1) is 0 Å². The van der Waals surface area contributed by atoms with Gasteiger partial charge in [0.2, 0.25) is 0 Å². The van der Waals surface area contributed by atoms with E-state index in [1.807, 2.05) is 19.1 Å². The van der Waals surface area contributed by atoms with Gasteiger partial charge in [-0.25, -0.2) is 0 Å². The van der Waals surface area contributed by atoms with Crippen molar-refractivity contribution in [1.29, 1.82) is 0 Å². The van der Waals surface area contributed by atoms with E-state index in [9.17, 15) is 0 Å². The maximum absolute atomic E-state index is 5.78. The van der Waals surface area contributed by atoms with Crippen molar-refractivity contribution in [2.45, 2.75) is 12.2 Å². The van der Waals surface area contributed by atoms with E-state index in [1.54, 1.807) is 6.07 Å². The van der Waals surface area contributed by atoms with Crippen LogP contribution in [0.15, 0.2) is 18.2 Å². The predicted octanol–water partition coefficient (Wildman–Crippen LogP) is 3.98. The zero-order chi connectivity index (χ0) is 8.43. The molecule has 0 spiro atoms. The molecule has 3 heteroatoms. The van der Waals surface area contributed by atoms with E-state index in [-0.39, 0.29) is 5.25 Å². The molecule has 0 aliphatic heterocycles. The first kappa shape index (κ1) is 9.24. The molecule has 0 bridgehead atoms. The van der Waals surface area contributed by atoms with Crippen molar-refractivity contribution >= 4 is 35.8 Å². The van der Waals surface area contributed by atoms with Crippen LogP contribution in [0.5, 0.6) is 0 Å². The maximum atomic E-state index is 5.78. The summed E-state index contributed by atoms with van der Waals surface area (Å²) in [6.07, 6.45) is 0. The first-order valence-electron chi connectivity index (χ1n) is 3.23. The van der Waals surface area contributed by atoms with E-state index in [4.69, 9.17) is 23.2 Å². The molecule has 0 unspecified atom stereocenters. The number of hydrogen-bond acceptors (Lipinski definition) is 1. The van der Waals surface area contributed by atoms with E-state index >= 15 is 0 Å². The Bertz CT molecular complexity index is 238. The molecule has 1 aromatic carbocycles. The number of halogens is 2. The summed E-state index contributed by atoms with van der Waals surface area (Å²) in [5.41, 5.74) is 1.05. The highest BCUT2D eigenvalue weighted by Gasteiger charge is 2.01. The largest absolute Gasteiger partial charge is 0.171 e. The van der Waals surface area contributed by atoms with Gasteiger partial charge in [0.15, 0.2) is 0 Å². The van der Waals surface area contributed by atoms with Crippen LogP contribution >= 0.6 is 35.8 Å². The lowest BCUT2D eigenvalue weighted by Crippen LogP contribution is -1.83. The lowest BCUT2D eigenvalue weighted by Gasteiger charge is -2.04. The molecule has 0 aliphatic rings. The third-order valence-corrected chi connectivity index (χ3v) is 2.10. The molecule has 0 saturated heterocycles. The minimum Gasteiger partial charge on any atom is -0.171 e. The highest BCUT2D eigenvalue weighted by Crippen LogP contribution is 2.26. The minimum absolute atomic E-state index is 0.172. The fourth-order valence-corrected chi connectivity index (χ4v) is 1.51. The van der Waals surface area contributed by atoms with Gasteiger partial charge in [-0.15, -0.1) is 0 Å². The van der Waals surface area contributed by atoms with Crippen LogP contribution in [0.25, 0.3) is 0 Å². The second-order valence-electron chi connectivity index (χ2n) is 2.38. The van der Waals surface area contributed by atoms with E-state index in [0.717, 1.165) is 5.56 Å². The summed E-state index contributed by atoms with van der Waals surface area (Å²) >= 11 is 15.8. The Morgan fingerprint density at radius 3 is 2.00 bits per heavy atom. The Morgan fingerprint density at radius 2 is 1.64 bits per heavy atom. The molecule has 1 atom stereocenters. The third kappa shape index (κ3) is 2.58. The van der Waals surface area contributed by atoms with Crippen molar-refractivity contribution in [3.05, 3.63) is 33.8 Å². The molecule has 0 heterocycles. The molecule has 1 aromatic rings. The van der Waals surface area contributed by atoms with Crippen molar-refractivity contribution in [1.82, 2.24) is 0 Å². The predicted molar refractivity (Wildman–Crippen MR) is 53.9 cm³/mol. The molecule has 1 rings (SSSR count). The second-order valence-corrected chi connectivity index (χ2v) is 4.03. The van der Waals surface area contributed by atoms with Crippen LogP contribution in [0.2, 0.25) is 10.0 Å². The van der Waals surface area contributed by atoms with Crippen LogP contribution in [0.4, 0.5) is 0 Å². The van der Waals surface area contributed by atoms with Crippen molar-refractivity contribution in [3.8, 4) is 0 Å². The molecular weight excluding hydrogens is 199 g/mol. The summed E-state index contributed by atoms with van der Waals surface area (Å²) in [5, 5.41) is 1.49. The Kier molecular flexibility index (Phi) is 3.11. The smallest absolute Gasteiger partial charge is 0.0423 e. The van der Waals surface area contributed by atoms with Gasteiger partial charge in [-0.1, -0.05) is 23.2 Å². The molecule has 0 fully saturated rings. The van der Waals surface area contributed by atoms with Gasteiger partial charge in [0.1, 0.15) is 0 Å². The topological polar surface area (TPSA) is 0 Å². The van der Waals surface area contributed by atoms with Gasteiger partial charge in [-0.2, -0.15) is 12.6 Å². The normalized spacial score (nSPS) is 13.1. The number of hydrogen-bond donors (Lipinski definition) is 1. The van der Waals surface area contributed by atoms with Crippen LogP contribution < -0.4 is 0 Å². The third-order valence-electron chi connectivity index (χ3n) is 1.37. The molecule has 60 valence electrons. The average Bonchev–Trinajstić information content (AvgIpc) is 1.85. The van der Waals surface area contributed by atoms with Crippen molar-refractivity contribution in [3.63, 3.8) is 0 Å². The fraction of sp³-hybridized carbons (Fsp3) is 0.250. The fourth-order valence-electron chi connectivity index (χ4n) is 0.816. The minimum atomic E-state index is 0.172. The highest BCUT2D eigenvalue weighted by molar-refractivity contribution is 7.80. The Morgan fingerprint density at radius 1 is 1.18 bits per heavy atom. The lowest BCUT2D eigenvalue weighted by atomic mass is 10.2. The van der Waals surface area contributed by atoms with Crippen LogP contribution in [0.1, 0.15) is 17.7 Å². The molecule has 0 N–H and O–H groups in total. The second kappa shape index (κ2) is 3.70. The van der Waals surface area contributed by atoms with E-state index < -0.39 is 0 Å². The molecular formula is C8H8Cl2S. The number of rotatable bonds is 1. The molecule has 0 nitrogen and oxygen atoms in total. The standard InChI is InChI=1S/C8H8Cl2S/c1-5(11)6-2-7(9)4-8(10)3-6/h2-5,11H,1H3/t5-/m0/s1. The van der Waals surface area contributed by atoms with Gasteiger partial charge in [0.25, 0.3) is 0 Å². The number of thiol groups is 1. The van der Waals surface area contributed by atoms with Gasteiger partial charge in [0.05, 0.1) is 0 Å². The maximum Gasteiger partial charge on any atom is 0.0423 e. The van der Waals surface area contributed by atoms with Gasteiger partial charge in [0, 0.05) is 15.3 Å². The van der Waals surface area contributed by atoms with Gasteiger partial charge < -0.3 is 0 Å². The highest BCUT2D eigenvalue weighted by atomic mass is 35.5. The molecule has 0 aromatic heterocycles. The molecule has 0 radical (unpaired) electrons. The Balaban J connectivity index is 3.08. The first-order valence-corrected chi connectivity index (χ1v) is 4.51. The van der Waals surface area contributed by atoms with Crippen molar-refractivity contribution < 1.29 is 0 Å². The summed E-state index contributed by atoms with van der Waals surface area (Å²) in [7, 11) is 0. The zero-order valence-electron chi connectivity index (χ0n) is 6.01. The average molecular weight is 207 g/mol. The molecule has 0 saturated carbocycles. The summed E-state index contributed by atoms with van der Waals surface area (Å²) in [6.45, 7) is 1.98. The van der Waals surface area contributed by atoms with Crippen LogP contribution in [-0.4, -0.2) is 0 Å². The van der Waals surface area contributed by atoms with Gasteiger partial charge in [-0.3, -0.25) is 0 Å². The number of benzene rings is 1. The molecule has 11 heavy (non-hydrogen) atoms. The Labute approximate surface area is 81.9 Å². The molecule has 0 aliphatic carbocycles. The monoisotopic (exact) mass is 206 g/mol. The van der Waals surface area contributed by atoms with Gasteiger partial charge >= 0.3 is 0 Å². The van der Waals surface area contributed by atoms with Crippen LogP contribution in [-0.2, 0) is 0 Å². The molecule has 0 amide bonds. The SMILES string of the molecule is C[C@H](S)c1cc(Cl)cc(Cl)c1. The van der Waals surface area contributed by atoms with E-state index in [1.165, 1.54) is 0 Å². The summed E-state index contributed by atoms with van der Waals surface area (Å²) < 4.78 is 0. The Hall–Kier alpha value is 0.150. The first-order chi connectivity index (χ1) is 5.09. The van der Waals surface area contributed by atoms with Gasteiger partial charge in [-0.05, 0) is 30.7 Å². The van der Waals surface area contributed by atoms with E-state index in [2.05, 4.69) is 12.6 Å². The summed E-state index contributed by atoms with van der Waals surface area (Å²) in [5.74, 6) is 0.